The topological polar surface area (TPSA) is 21.3 Å². The molecule has 2 nitrogen and oxygen atoms in total. The van der Waals surface area contributed by atoms with Crippen LogP contribution in [0.25, 0.3) is 6.08 Å². The van der Waals surface area contributed by atoms with Crippen molar-refractivity contribution in [2.45, 2.75) is 39.2 Å². The Labute approximate surface area is 110 Å². The van der Waals surface area contributed by atoms with Crippen molar-refractivity contribution in [1.82, 2.24) is 5.32 Å². The number of aryl methyl sites for hydroxylation is 1. The number of hydrogen-bond donors (Lipinski definition) is 1. The van der Waals surface area contributed by atoms with Crippen LogP contribution in [0.3, 0.4) is 0 Å². The lowest BCUT2D eigenvalue weighted by atomic mass is 10.0. The highest BCUT2D eigenvalue weighted by molar-refractivity contribution is 5.60. The van der Waals surface area contributed by atoms with Gasteiger partial charge in [-0.1, -0.05) is 44.2 Å². The van der Waals surface area contributed by atoms with Crippen LogP contribution in [0.4, 0.5) is 0 Å². The molecule has 2 rings (SSSR count). The fourth-order valence-corrected chi connectivity index (χ4v) is 2.21. The van der Waals surface area contributed by atoms with Crippen molar-refractivity contribution in [3.63, 3.8) is 0 Å². The molecule has 0 aromatic heterocycles. The molecule has 1 N–H and O–H groups in total. The first kappa shape index (κ1) is 13.2. The van der Waals surface area contributed by atoms with Crippen molar-refractivity contribution in [3.05, 3.63) is 35.4 Å². The van der Waals surface area contributed by atoms with Crippen molar-refractivity contribution in [3.8, 4) is 5.75 Å². The lowest BCUT2D eigenvalue weighted by Crippen LogP contribution is -2.23. The van der Waals surface area contributed by atoms with Crippen LogP contribution in [-0.4, -0.2) is 19.2 Å². The second-order valence-electron chi connectivity index (χ2n) is 5.09. The van der Waals surface area contributed by atoms with Gasteiger partial charge in [0.25, 0.3) is 0 Å². The molecular weight excluding hydrogens is 222 g/mol. The molecule has 1 aromatic rings. The molecule has 1 aliphatic heterocycles. The van der Waals surface area contributed by atoms with E-state index in [9.17, 15) is 0 Å². The maximum Gasteiger partial charge on any atom is 0.129 e. The zero-order chi connectivity index (χ0) is 12.8. The van der Waals surface area contributed by atoms with E-state index >= 15 is 0 Å². The van der Waals surface area contributed by atoms with Gasteiger partial charge in [0, 0.05) is 11.6 Å². The Morgan fingerprint density at radius 1 is 1.39 bits per heavy atom. The molecule has 98 valence electrons. The van der Waals surface area contributed by atoms with Gasteiger partial charge < -0.3 is 10.1 Å². The molecule has 0 saturated heterocycles. The van der Waals surface area contributed by atoms with Crippen LogP contribution in [0.5, 0.6) is 5.75 Å². The molecule has 1 aromatic carbocycles. The van der Waals surface area contributed by atoms with E-state index in [1.54, 1.807) is 0 Å². The molecule has 0 saturated carbocycles. The summed E-state index contributed by atoms with van der Waals surface area (Å²) in [7, 11) is 0. The van der Waals surface area contributed by atoms with Crippen LogP contribution in [0, 0.1) is 0 Å². The highest BCUT2D eigenvalue weighted by Crippen LogP contribution is 2.29. The van der Waals surface area contributed by atoms with Gasteiger partial charge in [-0.25, -0.2) is 0 Å². The Hall–Kier alpha value is -1.28. The third kappa shape index (κ3) is 3.61. The summed E-state index contributed by atoms with van der Waals surface area (Å²) in [5.74, 6) is 1.09. The Morgan fingerprint density at radius 3 is 3.11 bits per heavy atom. The summed E-state index contributed by atoms with van der Waals surface area (Å²) < 4.78 is 5.78. The number of fused-ring (bicyclic) bond motifs is 1. The summed E-state index contributed by atoms with van der Waals surface area (Å²) in [4.78, 5) is 0. The predicted molar refractivity (Wildman–Crippen MR) is 77.0 cm³/mol. The lowest BCUT2D eigenvalue weighted by molar-refractivity contribution is 0.287. The van der Waals surface area contributed by atoms with Gasteiger partial charge in [-0.15, -0.1) is 0 Å². The van der Waals surface area contributed by atoms with Crippen molar-refractivity contribution >= 4 is 6.08 Å². The third-order valence-electron chi connectivity index (χ3n) is 3.12. The van der Waals surface area contributed by atoms with E-state index < -0.39 is 0 Å². The van der Waals surface area contributed by atoms with E-state index in [1.165, 1.54) is 11.1 Å². The molecule has 2 heteroatoms. The third-order valence-corrected chi connectivity index (χ3v) is 3.12. The fraction of sp³-hybridized carbons (Fsp3) is 0.500. The SMILES string of the molecule is CC(C)NCC/C=C/c1cccc2c1OCCC2. The minimum absolute atomic E-state index is 0.561. The van der Waals surface area contributed by atoms with Gasteiger partial charge in [0.15, 0.2) is 0 Å². The summed E-state index contributed by atoms with van der Waals surface area (Å²) in [6.07, 6.45) is 7.75. The number of ether oxygens (including phenoxy) is 1. The van der Waals surface area contributed by atoms with Crippen molar-refractivity contribution in [1.29, 1.82) is 0 Å². The Morgan fingerprint density at radius 2 is 2.28 bits per heavy atom. The van der Waals surface area contributed by atoms with Gasteiger partial charge in [-0.05, 0) is 31.4 Å². The number of nitrogens with one attached hydrogen (secondary N) is 1. The summed E-state index contributed by atoms with van der Waals surface area (Å²) in [5.41, 5.74) is 2.57. The Balaban J connectivity index is 1.94. The van der Waals surface area contributed by atoms with Crippen LogP contribution in [-0.2, 0) is 6.42 Å². The maximum atomic E-state index is 5.78. The molecule has 0 atom stereocenters. The molecule has 1 heterocycles. The van der Waals surface area contributed by atoms with Gasteiger partial charge in [0.05, 0.1) is 6.61 Å². The molecule has 0 fully saturated rings. The molecular formula is C16H23NO. The quantitative estimate of drug-likeness (QED) is 0.803. The molecule has 0 spiro atoms. The largest absolute Gasteiger partial charge is 0.493 e. The Kier molecular flexibility index (Phi) is 4.82. The smallest absolute Gasteiger partial charge is 0.129 e. The maximum absolute atomic E-state index is 5.78. The minimum Gasteiger partial charge on any atom is -0.493 e. The monoisotopic (exact) mass is 245 g/mol. The summed E-state index contributed by atoms with van der Waals surface area (Å²) >= 11 is 0. The zero-order valence-corrected chi connectivity index (χ0v) is 11.4. The number of rotatable bonds is 5. The van der Waals surface area contributed by atoms with Crippen molar-refractivity contribution < 1.29 is 4.74 Å². The van der Waals surface area contributed by atoms with Gasteiger partial charge >= 0.3 is 0 Å². The first-order valence-corrected chi connectivity index (χ1v) is 6.92. The second kappa shape index (κ2) is 6.60. The molecule has 18 heavy (non-hydrogen) atoms. The highest BCUT2D eigenvalue weighted by Gasteiger charge is 2.12. The average Bonchev–Trinajstić information content (AvgIpc) is 2.38. The van der Waals surface area contributed by atoms with E-state index in [2.05, 4.69) is 49.5 Å². The number of benzene rings is 1. The van der Waals surface area contributed by atoms with E-state index in [0.29, 0.717) is 6.04 Å². The molecule has 0 unspecified atom stereocenters. The average molecular weight is 245 g/mol. The molecule has 0 bridgehead atoms. The van der Waals surface area contributed by atoms with E-state index in [-0.39, 0.29) is 0 Å². The van der Waals surface area contributed by atoms with Crippen molar-refractivity contribution in [2.24, 2.45) is 0 Å². The normalized spacial score (nSPS) is 14.8. The summed E-state index contributed by atoms with van der Waals surface area (Å²) in [5, 5.41) is 3.41. The van der Waals surface area contributed by atoms with Gasteiger partial charge in [0.1, 0.15) is 5.75 Å². The van der Waals surface area contributed by atoms with E-state index in [4.69, 9.17) is 4.74 Å². The van der Waals surface area contributed by atoms with Gasteiger partial charge in [-0.3, -0.25) is 0 Å². The van der Waals surface area contributed by atoms with Crippen LogP contribution >= 0.6 is 0 Å². The van der Waals surface area contributed by atoms with E-state index in [1.807, 2.05) is 0 Å². The van der Waals surface area contributed by atoms with Crippen LogP contribution in [0.1, 0.15) is 37.8 Å². The van der Waals surface area contributed by atoms with Crippen molar-refractivity contribution in [2.75, 3.05) is 13.2 Å². The van der Waals surface area contributed by atoms with Crippen LogP contribution < -0.4 is 10.1 Å². The summed E-state index contributed by atoms with van der Waals surface area (Å²) in [6.45, 7) is 6.23. The predicted octanol–water partition coefficient (Wildman–Crippen LogP) is 3.41. The van der Waals surface area contributed by atoms with E-state index in [0.717, 1.165) is 38.2 Å². The first-order chi connectivity index (χ1) is 8.77. The number of para-hydroxylation sites is 1. The summed E-state index contributed by atoms with van der Waals surface area (Å²) in [6, 6.07) is 6.99. The molecule has 0 aliphatic carbocycles. The fourth-order valence-electron chi connectivity index (χ4n) is 2.21. The zero-order valence-electron chi connectivity index (χ0n) is 11.4. The number of hydrogen-bond acceptors (Lipinski definition) is 2. The molecule has 1 aliphatic rings. The molecule has 0 radical (unpaired) electrons. The van der Waals surface area contributed by atoms with Crippen LogP contribution in [0.2, 0.25) is 0 Å². The first-order valence-electron chi connectivity index (χ1n) is 6.92. The van der Waals surface area contributed by atoms with Gasteiger partial charge in [-0.2, -0.15) is 0 Å². The highest BCUT2D eigenvalue weighted by atomic mass is 16.5. The van der Waals surface area contributed by atoms with Gasteiger partial charge in [0.2, 0.25) is 0 Å². The lowest BCUT2D eigenvalue weighted by Gasteiger charge is -2.18. The standard InChI is InChI=1S/C16H23NO/c1-13(2)17-11-4-3-7-14-8-5-9-15-10-6-12-18-16(14)15/h3,5,7-9,13,17H,4,6,10-12H2,1-2H3/b7-3+. The second-order valence-corrected chi connectivity index (χ2v) is 5.09. The van der Waals surface area contributed by atoms with Crippen LogP contribution in [0.15, 0.2) is 24.3 Å². The molecule has 0 amide bonds. The Bertz CT molecular complexity index is 410. The minimum atomic E-state index is 0.561.